The molecule has 1 amide bonds. The number of amides is 1. The zero-order valence-corrected chi connectivity index (χ0v) is 20.8. The van der Waals surface area contributed by atoms with Gasteiger partial charge < -0.3 is 14.1 Å². The predicted molar refractivity (Wildman–Crippen MR) is 131 cm³/mol. The van der Waals surface area contributed by atoms with Gasteiger partial charge in [0.1, 0.15) is 41.4 Å². The molecule has 192 valence electrons. The van der Waals surface area contributed by atoms with Crippen molar-refractivity contribution in [1.29, 1.82) is 0 Å². The Balaban J connectivity index is 1.49. The Morgan fingerprint density at radius 2 is 1.86 bits per heavy atom. The predicted octanol–water partition coefficient (Wildman–Crippen LogP) is 5.51. The molecule has 3 aromatic rings. The standard InChI is InChI=1S/C28H31F3N2O3/c1-16(2)28(34)33-17(3)10-21-20-6-4-5-7-24(20)36-27(21)26(33)25-22(30)11-19(12-23(25)31)35-9-8-32-14-18(13-29)15-32/h4-7,11-12,16-18,26H,8-10,13-15H2,1-3H3/t17-,26?/m1/s1. The van der Waals surface area contributed by atoms with Crippen molar-refractivity contribution in [2.45, 2.75) is 39.3 Å². The molecule has 0 radical (unpaired) electrons. The molecule has 3 heterocycles. The van der Waals surface area contributed by atoms with Crippen molar-refractivity contribution in [3.8, 4) is 5.75 Å². The third-order valence-electron chi connectivity index (χ3n) is 7.23. The summed E-state index contributed by atoms with van der Waals surface area (Å²) >= 11 is 0. The zero-order valence-electron chi connectivity index (χ0n) is 20.8. The number of para-hydroxylation sites is 1. The van der Waals surface area contributed by atoms with E-state index in [2.05, 4.69) is 0 Å². The Bertz CT molecular complexity index is 1250. The second kappa shape index (κ2) is 9.81. The Hall–Kier alpha value is -3.00. The van der Waals surface area contributed by atoms with E-state index in [-0.39, 0.29) is 48.4 Å². The lowest BCUT2D eigenvalue weighted by atomic mass is 9.87. The second-order valence-electron chi connectivity index (χ2n) is 10.2. The highest BCUT2D eigenvalue weighted by molar-refractivity contribution is 5.85. The quantitative estimate of drug-likeness (QED) is 0.429. The molecule has 2 aliphatic heterocycles. The van der Waals surface area contributed by atoms with Crippen molar-refractivity contribution in [1.82, 2.24) is 9.80 Å². The maximum absolute atomic E-state index is 15.6. The summed E-state index contributed by atoms with van der Waals surface area (Å²) < 4.78 is 55.6. The summed E-state index contributed by atoms with van der Waals surface area (Å²) in [5.41, 5.74) is 1.27. The molecule has 0 bridgehead atoms. The van der Waals surface area contributed by atoms with E-state index in [4.69, 9.17) is 9.15 Å². The fourth-order valence-electron chi connectivity index (χ4n) is 5.39. The third kappa shape index (κ3) is 4.36. The number of furan rings is 1. The molecule has 5 rings (SSSR count). The van der Waals surface area contributed by atoms with Crippen LogP contribution in [0.15, 0.2) is 40.8 Å². The summed E-state index contributed by atoms with van der Waals surface area (Å²) in [5, 5.41) is 0.891. The van der Waals surface area contributed by atoms with Gasteiger partial charge in [0.2, 0.25) is 5.91 Å². The van der Waals surface area contributed by atoms with Gasteiger partial charge in [0, 0.05) is 60.6 Å². The average molecular weight is 501 g/mol. The van der Waals surface area contributed by atoms with Crippen molar-refractivity contribution in [2.24, 2.45) is 11.8 Å². The zero-order chi connectivity index (χ0) is 25.6. The first-order valence-electron chi connectivity index (χ1n) is 12.5. The van der Waals surface area contributed by atoms with Crippen LogP contribution in [0.2, 0.25) is 0 Å². The van der Waals surface area contributed by atoms with Crippen LogP contribution in [0.3, 0.4) is 0 Å². The van der Waals surface area contributed by atoms with Crippen LogP contribution in [0.4, 0.5) is 13.2 Å². The van der Waals surface area contributed by atoms with Crippen LogP contribution in [0.5, 0.6) is 5.75 Å². The molecule has 1 saturated heterocycles. The van der Waals surface area contributed by atoms with Gasteiger partial charge in [-0.05, 0) is 19.4 Å². The molecule has 0 spiro atoms. The van der Waals surface area contributed by atoms with E-state index in [1.807, 2.05) is 36.1 Å². The average Bonchev–Trinajstić information content (AvgIpc) is 3.18. The minimum atomic E-state index is -1.03. The molecule has 0 aliphatic carbocycles. The topological polar surface area (TPSA) is 45.9 Å². The number of alkyl halides is 1. The first-order valence-corrected chi connectivity index (χ1v) is 12.5. The minimum absolute atomic E-state index is 0.0664. The molecule has 36 heavy (non-hydrogen) atoms. The van der Waals surface area contributed by atoms with Crippen molar-refractivity contribution >= 4 is 16.9 Å². The van der Waals surface area contributed by atoms with Crippen LogP contribution < -0.4 is 4.74 Å². The summed E-state index contributed by atoms with van der Waals surface area (Å²) in [5.74, 6) is -1.60. The van der Waals surface area contributed by atoms with Gasteiger partial charge in [-0.2, -0.15) is 0 Å². The molecule has 5 nitrogen and oxygen atoms in total. The molecule has 8 heteroatoms. The van der Waals surface area contributed by atoms with Gasteiger partial charge in [-0.25, -0.2) is 8.78 Å². The van der Waals surface area contributed by atoms with Gasteiger partial charge in [0.15, 0.2) is 0 Å². The molecule has 2 aliphatic rings. The Morgan fingerprint density at radius 1 is 1.17 bits per heavy atom. The number of hydrogen-bond donors (Lipinski definition) is 0. The summed E-state index contributed by atoms with van der Waals surface area (Å²) in [6.07, 6.45) is 0.533. The number of carbonyl (C=O) groups excluding carboxylic acids is 1. The van der Waals surface area contributed by atoms with E-state index >= 15 is 8.78 Å². The van der Waals surface area contributed by atoms with Crippen molar-refractivity contribution in [3.63, 3.8) is 0 Å². The first kappa shape index (κ1) is 24.7. The number of halogens is 3. The normalized spacial score (nSPS) is 20.6. The van der Waals surface area contributed by atoms with Crippen molar-refractivity contribution < 1.29 is 27.1 Å². The minimum Gasteiger partial charge on any atom is -0.492 e. The summed E-state index contributed by atoms with van der Waals surface area (Å²) in [7, 11) is 0. The fourth-order valence-corrected chi connectivity index (χ4v) is 5.39. The summed E-state index contributed by atoms with van der Waals surface area (Å²) in [6, 6.07) is 8.51. The molecular formula is C28H31F3N2O3. The number of fused-ring (bicyclic) bond motifs is 3. The maximum atomic E-state index is 15.6. The molecule has 0 saturated carbocycles. The number of nitrogens with zero attached hydrogens (tertiary/aromatic N) is 2. The molecule has 2 atom stereocenters. The summed E-state index contributed by atoms with van der Waals surface area (Å²) in [6.45, 7) is 7.24. The number of likely N-dealkylation sites (tertiary alicyclic amines) is 1. The molecule has 2 aromatic carbocycles. The van der Waals surface area contributed by atoms with Gasteiger partial charge in [0.25, 0.3) is 0 Å². The Labute approximate surface area is 208 Å². The lowest BCUT2D eigenvalue weighted by Gasteiger charge is -2.41. The Morgan fingerprint density at radius 3 is 2.53 bits per heavy atom. The molecule has 1 fully saturated rings. The Kier molecular flexibility index (Phi) is 6.72. The SMILES string of the molecule is CC(C)C(=O)N1C(c2c(F)cc(OCCN3CC(CF)C3)cc2F)c2oc3ccccc3c2C[C@H]1C. The number of hydrogen-bond acceptors (Lipinski definition) is 4. The van der Waals surface area contributed by atoms with E-state index < -0.39 is 17.7 Å². The van der Waals surface area contributed by atoms with Gasteiger partial charge in [0.05, 0.1) is 12.2 Å². The maximum Gasteiger partial charge on any atom is 0.226 e. The van der Waals surface area contributed by atoms with E-state index in [1.54, 1.807) is 18.7 Å². The monoisotopic (exact) mass is 500 g/mol. The number of rotatable bonds is 7. The van der Waals surface area contributed by atoms with Crippen molar-refractivity contribution in [2.75, 3.05) is 32.9 Å². The number of carbonyl (C=O) groups is 1. The second-order valence-corrected chi connectivity index (χ2v) is 10.2. The smallest absolute Gasteiger partial charge is 0.226 e. The highest BCUT2D eigenvalue weighted by atomic mass is 19.1. The first-order chi connectivity index (χ1) is 17.3. The van der Waals surface area contributed by atoms with Crippen LogP contribution in [-0.2, 0) is 11.2 Å². The van der Waals surface area contributed by atoms with Gasteiger partial charge >= 0.3 is 0 Å². The van der Waals surface area contributed by atoms with Gasteiger partial charge in [-0.1, -0.05) is 32.0 Å². The highest BCUT2D eigenvalue weighted by Gasteiger charge is 2.43. The molecule has 1 unspecified atom stereocenters. The third-order valence-corrected chi connectivity index (χ3v) is 7.23. The van der Waals surface area contributed by atoms with Gasteiger partial charge in [-0.3, -0.25) is 14.1 Å². The molecular weight excluding hydrogens is 469 g/mol. The summed E-state index contributed by atoms with van der Waals surface area (Å²) in [4.78, 5) is 16.9. The van der Waals surface area contributed by atoms with Gasteiger partial charge in [-0.15, -0.1) is 0 Å². The van der Waals surface area contributed by atoms with Crippen LogP contribution >= 0.6 is 0 Å². The van der Waals surface area contributed by atoms with Crippen LogP contribution in [0.25, 0.3) is 11.0 Å². The van der Waals surface area contributed by atoms with Crippen LogP contribution in [0.1, 0.15) is 43.7 Å². The van der Waals surface area contributed by atoms with Crippen molar-refractivity contribution in [3.05, 3.63) is 64.9 Å². The lowest BCUT2D eigenvalue weighted by molar-refractivity contribution is -0.139. The van der Waals surface area contributed by atoms with Crippen LogP contribution in [0, 0.1) is 23.5 Å². The fraction of sp³-hybridized carbons (Fsp3) is 0.464. The van der Waals surface area contributed by atoms with E-state index in [0.29, 0.717) is 37.4 Å². The lowest BCUT2D eigenvalue weighted by Crippen LogP contribution is -2.49. The molecule has 1 aromatic heterocycles. The van der Waals surface area contributed by atoms with E-state index in [0.717, 1.165) is 10.9 Å². The molecule has 0 N–H and O–H groups in total. The van der Waals surface area contributed by atoms with E-state index in [9.17, 15) is 9.18 Å². The number of benzene rings is 2. The highest BCUT2D eigenvalue weighted by Crippen LogP contribution is 2.45. The number of ether oxygens (including phenoxy) is 1. The largest absolute Gasteiger partial charge is 0.492 e. The van der Waals surface area contributed by atoms with Crippen LogP contribution in [-0.4, -0.2) is 54.7 Å². The van der Waals surface area contributed by atoms with E-state index in [1.165, 1.54) is 12.1 Å².